The molecule has 6 nitrogen and oxygen atoms in total. The SMILES string of the molecule is CC(C)(C)OC(=O)N1C[C@@H](Oc2ccccc2C(F)(F)F)C[C@H]1C(=O)O. The molecule has 1 heterocycles. The van der Waals surface area contributed by atoms with Crippen LogP contribution in [-0.2, 0) is 15.7 Å². The van der Waals surface area contributed by atoms with Crippen LogP contribution in [0, 0.1) is 0 Å². The first kappa shape index (κ1) is 19.9. The molecular weight excluding hydrogens is 355 g/mol. The molecule has 0 saturated carbocycles. The second-order valence-electron chi connectivity index (χ2n) is 6.96. The Balaban J connectivity index is 2.18. The average molecular weight is 375 g/mol. The number of rotatable bonds is 3. The zero-order valence-electron chi connectivity index (χ0n) is 14.5. The summed E-state index contributed by atoms with van der Waals surface area (Å²) in [5.74, 6) is -1.67. The normalized spacial score (nSPS) is 20.8. The van der Waals surface area contributed by atoms with Gasteiger partial charge in [0, 0.05) is 6.42 Å². The predicted molar refractivity (Wildman–Crippen MR) is 84.8 cm³/mol. The molecule has 2 rings (SSSR count). The molecule has 144 valence electrons. The molecule has 26 heavy (non-hydrogen) atoms. The van der Waals surface area contributed by atoms with Crippen molar-refractivity contribution in [1.82, 2.24) is 4.90 Å². The number of carboxylic acid groups (broad SMARTS) is 1. The van der Waals surface area contributed by atoms with Crippen molar-refractivity contribution < 1.29 is 37.3 Å². The van der Waals surface area contributed by atoms with E-state index in [2.05, 4.69) is 0 Å². The maximum absolute atomic E-state index is 13.1. The molecule has 0 aliphatic carbocycles. The fraction of sp³-hybridized carbons (Fsp3) is 0.529. The summed E-state index contributed by atoms with van der Waals surface area (Å²) in [4.78, 5) is 24.6. The van der Waals surface area contributed by atoms with E-state index in [4.69, 9.17) is 9.47 Å². The summed E-state index contributed by atoms with van der Waals surface area (Å²) in [6, 6.07) is 3.43. The molecule has 1 aromatic carbocycles. The van der Waals surface area contributed by atoms with Crippen molar-refractivity contribution in [2.45, 2.75) is 51.1 Å². The first-order valence-electron chi connectivity index (χ1n) is 7.94. The van der Waals surface area contributed by atoms with Crippen molar-refractivity contribution in [3.63, 3.8) is 0 Å². The van der Waals surface area contributed by atoms with Crippen LogP contribution in [0.1, 0.15) is 32.8 Å². The van der Waals surface area contributed by atoms with Crippen molar-refractivity contribution in [3.8, 4) is 5.75 Å². The summed E-state index contributed by atoms with van der Waals surface area (Å²) in [6.07, 6.45) is -6.49. The van der Waals surface area contributed by atoms with Gasteiger partial charge in [-0.15, -0.1) is 0 Å². The molecular formula is C17H20F3NO5. The lowest BCUT2D eigenvalue weighted by molar-refractivity contribution is -0.142. The van der Waals surface area contributed by atoms with E-state index in [0.717, 1.165) is 17.0 Å². The summed E-state index contributed by atoms with van der Waals surface area (Å²) in [6.45, 7) is 4.71. The average Bonchev–Trinajstić information content (AvgIpc) is 2.89. The van der Waals surface area contributed by atoms with Crippen LogP contribution in [0.25, 0.3) is 0 Å². The van der Waals surface area contributed by atoms with Crippen molar-refractivity contribution >= 4 is 12.1 Å². The number of benzene rings is 1. The van der Waals surface area contributed by atoms with Gasteiger partial charge in [0.05, 0.1) is 12.1 Å². The first-order chi connectivity index (χ1) is 11.9. The molecule has 2 atom stereocenters. The van der Waals surface area contributed by atoms with Crippen LogP contribution in [0.4, 0.5) is 18.0 Å². The topological polar surface area (TPSA) is 76.1 Å². The fourth-order valence-corrected chi connectivity index (χ4v) is 2.62. The minimum Gasteiger partial charge on any atom is -0.488 e. The molecule has 1 aliphatic heterocycles. The van der Waals surface area contributed by atoms with Crippen LogP contribution in [0.2, 0.25) is 0 Å². The molecule has 1 aliphatic rings. The molecule has 0 aromatic heterocycles. The Kier molecular flexibility index (Phi) is 5.39. The van der Waals surface area contributed by atoms with Gasteiger partial charge >= 0.3 is 18.2 Å². The van der Waals surface area contributed by atoms with Gasteiger partial charge in [0.1, 0.15) is 23.5 Å². The van der Waals surface area contributed by atoms with E-state index in [1.165, 1.54) is 12.1 Å². The summed E-state index contributed by atoms with van der Waals surface area (Å²) in [7, 11) is 0. The number of carbonyl (C=O) groups excluding carboxylic acids is 1. The van der Waals surface area contributed by atoms with Crippen LogP contribution < -0.4 is 4.74 Å². The summed E-state index contributed by atoms with van der Waals surface area (Å²) < 4.78 is 49.7. The van der Waals surface area contributed by atoms with Crippen LogP contribution in [0.3, 0.4) is 0 Å². The molecule has 9 heteroatoms. The van der Waals surface area contributed by atoms with E-state index in [1.54, 1.807) is 20.8 Å². The van der Waals surface area contributed by atoms with E-state index in [0.29, 0.717) is 0 Å². The zero-order chi connectivity index (χ0) is 19.7. The largest absolute Gasteiger partial charge is 0.488 e. The smallest absolute Gasteiger partial charge is 0.419 e. The van der Waals surface area contributed by atoms with E-state index >= 15 is 0 Å². The molecule has 1 aromatic rings. The lowest BCUT2D eigenvalue weighted by atomic mass is 10.1. The number of aliphatic carboxylic acids is 1. The van der Waals surface area contributed by atoms with Gasteiger partial charge in [0.25, 0.3) is 0 Å². The molecule has 1 fully saturated rings. The maximum atomic E-state index is 13.1. The van der Waals surface area contributed by atoms with Gasteiger partial charge < -0.3 is 14.6 Å². The number of carbonyl (C=O) groups is 2. The molecule has 0 radical (unpaired) electrons. The molecule has 1 amide bonds. The number of likely N-dealkylation sites (tertiary alicyclic amines) is 1. The highest BCUT2D eigenvalue weighted by molar-refractivity contribution is 5.81. The third kappa shape index (κ3) is 4.80. The Bertz CT molecular complexity index is 684. The van der Waals surface area contributed by atoms with Crippen molar-refractivity contribution in [2.24, 2.45) is 0 Å². The van der Waals surface area contributed by atoms with Gasteiger partial charge in [-0.3, -0.25) is 4.90 Å². The van der Waals surface area contributed by atoms with Gasteiger partial charge in [-0.05, 0) is 32.9 Å². The highest BCUT2D eigenvalue weighted by Crippen LogP contribution is 2.37. The van der Waals surface area contributed by atoms with Gasteiger partial charge in [-0.2, -0.15) is 13.2 Å². The fourth-order valence-electron chi connectivity index (χ4n) is 2.62. The van der Waals surface area contributed by atoms with Crippen molar-refractivity contribution in [2.75, 3.05) is 6.54 Å². The number of halogens is 3. The van der Waals surface area contributed by atoms with E-state index < -0.39 is 47.3 Å². The molecule has 0 bridgehead atoms. The highest BCUT2D eigenvalue weighted by Gasteiger charge is 2.43. The van der Waals surface area contributed by atoms with E-state index in [1.807, 2.05) is 0 Å². The monoisotopic (exact) mass is 375 g/mol. The van der Waals surface area contributed by atoms with Gasteiger partial charge in [-0.1, -0.05) is 12.1 Å². The number of hydrogen-bond acceptors (Lipinski definition) is 4. The van der Waals surface area contributed by atoms with Crippen molar-refractivity contribution in [3.05, 3.63) is 29.8 Å². The minimum absolute atomic E-state index is 0.138. The number of alkyl halides is 3. The number of para-hydroxylation sites is 1. The predicted octanol–water partition coefficient (Wildman–Crippen LogP) is 3.55. The number of nitrogens with zero attached hydrogens (tertiary/aromatic N) is 1. The van der Waals surface area contributed by atoms with Crippen LogP contribution >= 0.6 is 0 Å². The Labute approximate surface area is 148 Å². The van der Waals surface area contributed by atoms with Crippen LogP contribution in [0.15, 0.2) is 24.3 Å². The minimum atomic E-state index is -4.60. The van der Waals surface area contributed by atoms with Crippen molar-refractivity contribution in [1.29, 1.82) is 0 Å². The number of carboxylic acids is 1. The second kappa shape index (κ2) is 7.05. The van der Waals surface area contributed by atoms with E-state index in [9.17, 15) is 27.9 Å². The second-order valence-corrected chi connectivity index (χ2v) is 6.96. The maximum Gasteiger partial charge on any atom is 0.419 e. The first-order valence-corrected chi connectivity index (χ1v) is 7.94. The standard InChI is InChI=1S/C17H20F3NO5/c1-16(2,3)26-15(24)21-9-10(8-12(21)14(22)23)25-13-7-5-4-6-11(13)17(18,19)20/h4-7,10,12H,8-9H2,1-3H3,(H,22,23)/t10-,12-/m0/s1. The van der Waals surface area contributed by atoms with Gasteiger partial charge in [0.2, 0.25) is 0 Å². The number of amides is 1. The number of hydrogen-bond donors (Lipinski definition) is 1. The molecule has 0 spiro atoms. The lowest BCUT2D eigenvalue weighted by Crippen LogP contribution is -2.43. The number of ether oxygens (including phenoxy) is 2. The molecule has 1 saturated heterocycles. The Hall–Kier alpha value is -2.45. The Morgan fingerprint density at radius 3 is 2.35 bits per heavy atom. The Morgan fingerprint density at radius 2 is 1.81 bits per heavy atom. The summed E-state index contributed by atoms with van der Waals surface area (Å²) in [5, 5.41) is 9.31. The Morgan fingerprint density at radius 1 is 1.19 bits per heavy atom. The molecule has 1 N–H and O–H groups in total. The third-order valence-corrected chi connectivity index (χ3v) is 3.66. The highest BCUT2D eigenvalue weighted by atomic mass is 19.4. The van der Waals surface area contributed by atoms with Crippen LogP contribution in [-0.4, -0.2) is 46.4 Å². The van der Waals surface area contributed by atoms with Crippen LogP contribution in [0.5, 0.6) is 5.75 Å². The van der Waals surface area contributed by atoms with Gasteiger partial charge in [-0.25, -0.2) is 9.59 Å². The van der Waals surface area contributed by atoms with Gasteiger partial charge in [0.15, 0.2) is 0 Å². The lowest BCUT2D eigenvalue weighted by Gasteiger charge is -2.26. The quantitative estimate of drug-likeness (QED) is 0.874. The third-order valence-electron chi connectivity index (χ3n) is 3.66. The zero-order valence-corrected chi connectivity index (χ0v) is 14.5. The summed E-state index contributed by atoms with van der Waals surface area (Å²) in [5.41, 5.74) is -1.79. The summed E-state index contributed by atoms with van der Waals surface area (Å²) >= 11 is 0. The van der Waals surface area contributed by atoms with E-state index in [-0.39, 0.29) is 13.0 Å². The molecule has 0 unspecified atom stereocenters.